The molecule has 15 heavy (non-hydrogen) atoms. The summed E-state index contributed by atoms with van der Waals surface area (Å²) < 4.78 is 4.86. The third kappa shape index (κ3) is 3.67. The van der Waals surface area contributed by atoms with Crippen molar-refractivity contribution in [2.75, 3.05) is 13.2 Å². The van der Waals surface area contributed by atoms with Gasteiger partial charge in [-0.25, -0.2) is 4.79 Å². The summed E-state index contributed by atoms with van der Waals surface area (Å²) in [6.07, 6.45) is 3.95. The highest BCUT2D eigenvalue weighted by molar-refractivity contribution is 5.88. The molecule has 1 aliphatic rings. The van der Waals surface area contributed by atoms with Crippen LogP contribution in [0.5, 0.6) is 0 Å². The van der Waals surface area contributed by atoms with Gasteiger partial charge in [0.2, 0.25) is 0 Å². The zero-order chi connectivity index (χ0) is 11.3. The molecular formula is C12H21NO2. The standard InChI is InChI=1S/C12H21NO2/c1-4-15-12(14)9(2)8-13-10(3)11-6-5-7-11/h10-11,13H,2,4-8H2,1,3H3. The highest BCUT2D eigenvalue weighted by Crippen LogP contribution is 2.29. The van der Waals surface area contributed by atoms with Crippen LogP contribution in [0.3, 0.4) is 0 Å². The van der Waals surface area contributed by atoms with E-state index in [9.17, 15) is 4.79 Å². The number of hydrogen-bond acceptors (Lipinski definition) is 3. The molecule has 0 aromatic carbocycles. The highest BCUT2D eigenvalue weighted by Gasteiger charge is 2.23. The molecule has 0 aliphatic heterocycles. The molecule has 0 aromatic heterocycles. The number of nitrogens with one attached hydrogen (secondary N) is 1. The summed E-state index contributed by atoms with van der Waals surface area (Å²) in [5.41, 5.74) is 0.517. The smallest absolute Gasteiger partial charge is 0.334 e. The number of rotatable bonds is 6. The Morgan fingerprint density at radius 2 is 2.27 bits per heavy atom. The zero-order valence-corrected chi connectivity index (χ0v) is 9.71. The quantitative estimate of drug-likeness (QED) is 0.538. The van der Waals surface area contributed by atoms with Gasteiger partial charge in [0.15, 0.2) is 0 Å². The molecule has 1 fully saturated rings. The van der Waals surface area contributed by atoms with E-state index in [4.69, 9.17) is 4.74 Å². The first-order valence-electron chi connectivity index (χ1n) is 5.73. The number of carbonyl (C=O) groups is 1. The van der Waals surface area contributed by atoms with E-state index in [0.29, 0.717) is 24.8 Å². The Kier molecular flexibility index (Phi) is 4.82. The lowest BCUT2D eigenvalue weighted by Crippen LogP contribution is -2.38. The molecule has 0 spiro atoms. The minimum atomic E-state index is -0.286. The molecule has 1 rings (SSSR count). The minimum Gasteiger partial charge on any atom is -0.463 e. The zero-order valence-electron chi connectivity index (χ0n) is 9.71. The Morgan fingerprint density at radius 3 is 2.73 bits per heavy atom. The maximum atomic E-state index is 11.2. The molecule has 1 unspecified atom stereocenters. The van der Waals surface area contributed by atoms with Gasteiger partial charge in [-0.05, 0) is 32.6 Å². The van der Waals surface area contributed by atoms with Crippen molar-refractivity contribution >= 4 is 5.97 Å². The first-order valence-corrected chi connectivity index (χ1v) is 5.73. The van der Waals surface area contributed by atoms with E-state index >= 15 is 0 Å². The second-order valence-corrected chi connectivity index (χ2v) is 4.18. The van der Waals surface area contributed by atoms with E-state index in [-0.39, 0.29) is 5.97 Å². The first kappa shape index (κ1) is 12.2. The fourth-order valence-electron chi connectivity index (χ4n) is 1.70. The lowest BCUT2D eigenvalue weighted by molar-refractivity contribution is -0.138. The molecule has 3 nitrogen and oxygen atoms in total. The van der Waals surface area contributed by atoms with Crippen LogP contribution in [0, 0.1) is 5.92 Å². The van der Waals surface area contributed by atoms with Gasteiger partial charge in [-0.2, -0.15) is 0 Å². The second kappa shape index (κ2) is 5.91. The average molecular weight is 211 g/mol. The van der Waals surface area contributed by atoms with Crippen LogP contribution in [0.4, 0.5) is 0 Å². The van der Waals surface area contributed by atoms with E-state index in [2.05, 4.69) is 18.8 Å². The molecule has 1 aliphatic carbocycles. The van der Waals surface area contributed by atoms with Gasteiger partial charge in [0, 0.05) is 18.2 Å². The van der Waals surface area contributed by atoms with Crippen molar-refractivity contribution in [3.05, 3.63) is 12.2 Å². The van der Waals surface area contributed by atoms with E-state index in [1.54, 1.807) is 6.92 Å². The van der Waals surface area contributed by atoms with Crippen LogP contribution < -0.4 is 5.32 Å². The molecular weight excluding hydrogens is 190 g/mol. The van der Waals surface area contributed by atoms with E-state index < -0.39 is 0 Å². The van der Waals surface area contributed by atoms with Crippen molar-refractivity contribution in [2.45, 2.75) is 39.2 Å². The third-order valence-electron chi connectivity index (χ3n) is 3.06. The fraction of sp³-hybridized carbons (Fsp3) is 0.750. The molecule has 0 aromatic rings. The summed E-state index contributed by atoms with van der Waals surface area (Å²) in [5.74, 6) is 0.491. The molecule has 1 N–H and O–H groups in total. The third-order valence-corrected chi connectivity index (χ3v) is 3.06. The minimum absolute atomic E-state index is 0.286. The summed E-state index contributed by atoms with van der Waals surface area (Å²) in [7, 11) is 0. The highest BCUT2D eigenvalue weighted by atomic mass is 16.5. The van der Waals surface area contributed by atoms with E-state index in [0.717, 1.165) is 5.92 Å². The largest absolute Gasteiger partial charge is 0.463 e. The van der Waals surface area contributed by atoms with Gasteiger partial charge in [-0.15, -0.1) is 0 Å². The van der Waals surface area contributed by atoms with Crippen molar-refractivity contribution in [1.29, 1.82) is 0 Å². The summed E-state index contributed by atoms with van der Waals surface area (Å²) in [6.45, 7) is 8.63. The van der Waals surface area contributed by atoms with Crippen molar-refractivity contribution in [3.63, 3.8) is 0 Å². The summed E-state index contributed by atoms with van der Waals surface area (Å²) in [6, 6.07) is 0.477. The van der Waals surface area contributed by atoms with Gasteiger partial charge < -0.3 is 10.1 Å². The molecule has 0 amide bonds. The Hall–Kier alpha value is -0.830. The van der Waals surface area contributed by atoms with Gasteiger partial charge in [0.05, 0.1) is 6.61 Å². The Labute approximate surface area is 91.9 Å². The molecule has 1 saturated carbocycles. The van der Waals surface area contributed by atoms with Crippen LogP contribution in [0.15, 0.2) is 12.2 Å². The Balaban J connectivity index is 2.17. The maximum Gasteiger partial charge on any atom is 0.334 e. The molecule has 0 radical (unpaired) electrons. The Bertz CT molecular complexity index is 234. The number of ether oxygens (including phenoxy) is 1. The topological polar surface area (TPSA) is 38.3 Å². The average Bonchev–Trinajstić information content (AvgIpc) is 2.11. The molecule has 1 atom stereocenters. The lowest BCUT2D eigenvalue weighted by Gasteiger charge is -2.32. The second-order valence-electron chi connectivity index (χ2n) is 4.18. The molecule has 0 heterocycles. The summed E-state index contributed by atoms with van der Waals surface area (Å²) >= 11 is 0. The van der Waals surface area contributed by atoms with Gasteiger partial charge in [-0.3, -0.25) is 0 Å². The van der Waals surface area contributed by atoms with Crippen LogP contribution in [0.2, 0.25) is 0 Å². The van der Waals surface area contributed by atoms with Crippen LogP contribution >= 0.6 is 0 Å². The number of esters is 1. The van der Waals surface area contributed by atoms with Gasteiger partial charge in [0.25, 0.3) is 0 Å². The van der Waals surface area contributed by atoms with E-state index in [1.807, 2.05) is 0 Å². The SMILES string of the molecule is C=C(CNC(C)C1CCC1)C(=O)OCC. The van der Waals surface area contributed by atoms with Crippen molar-refractivity contribution in [2.24, 2.45) is 5.92 Å². The van der Waals surface area contributed by atoms with Crippen molar-refractivity contribution in [3.8, 4) is 0 Å². The normalized spacial score (nSPS) is 18.0. The van der Waals surface area contributed by atoms with Crippen molar-refractivity contribution in [1.82, 2.24) is 5.32 Å². The first-order chi connectivity index (χ1) is 7.15. The molecule has 3 heteroatoms. The summed E-state index contributed by atoms with van der Waals surface area (Å²) in [4.78, 5) is 11.2. The lowest BCUT2D eigenvalue weighted by atomic mass is 9.80. The van der Waals surface area contributed by atoms with Gasteiger partial charge in [0.1, 0.15) is 0 Å². The number of hydrogen-bond donors (Lipinski definition) is 1. The monoisotopic (exact) mass is 211 g/mol. The molecule has 0 bridgehead atoms. The predicted octanol–water partition coefficient (Wildman–Crippen LogP) is 1.88. The van der Waals surface area contributed by atoms with Crippen LogP contribution in [-0.4, -0.2) is 25.2 Å². The van der Waals surface area contributed by atoms with Crippen molar-refractivity contribution < 1.29 is 9.53 Å². The van der Waals surface area contributed by atoms with Gasteiger partial charge in [-0.1, -0.05) is 13.0 Å². The van der Waals surface area contributed by atoms with E-state index in [1.165, 1.54) is 19.3 Å². The Morgan fingerprint density at radius 1 is 1.60 bits per heavy atom. The van der Waals surface area contributed by atoms with Crippen LogP contribution in [0.1, 0.15) is 33.1 Å². The molecule has 0 saturated heterocycles. The fourth-order valence-corrected chi connectivity index (χ4v) is 1.70. The maximum absolute atomic E-state index is 11.2. The predicted molar refractivity (Wildman–Crippen MR) is 60.6 cm³/mol. The van der Waals surface area contributed by atoms with Gasteiger partial charge >= 0.3 is 5.97 Å². The number of carbonyl (C=O) groups excluding carboxylic acids is 1. The van der Waals surface area contributed by atoms with Crippen LogP contribution in [0.25, 0.3) is 0 Å². The van der Waals surface area contributed by atoms with Crippen LogP contribution in [-0.2, 0) is 9.53 Å². The summed E-state index contributed by atoms with van der Waals surface area (Å²) in [5, 5.41) is 3.32. The molecule has 86 valence electrons.